The summed E-state index contributed by atoms with van der Waals surface area (Å²) >= 11 is 0. The number of hydrogen-bond acceptors (Lipinski definition) is 3. The van der Waals surface area contributed by atoms with Crippen LogP contribution in [0, 0.1) is 12.3 Å². The minimum atomic E-state index is -0.591. The van der Waals surface area contributed by atoms with Gasteiger partial charge in [-0.2, -0.15) is 0 Å². The zero-order valence-corrected chi connectivity index (χ0v) is 10.6. The molecule has 0 aliphatic carbocycles. The molecule has 1 N–H and O–H groups in total. The molecule has 0 aliphatic heterocycles. The highest BCUT2D eigenvalue weighted by molar-refractivity contribution is 5.80. The van der Waals surface area contributed by atoms with Crippen LogP contribution in [-0.4, -0.2) is 24.7 Å². The molecule has 0 radical (unpaired) electrons. The van der Waals surface area contributed by atoms with Gasteiger partial charge in [0.2, 0.25) is 0 Å². The Morgan fingerprint density at radius 2 is 1.88 bits per heavy atom. The van der Waals surface area contributed by atoms with Crippen molar-refractivity contribution >= 4 is 5.97 Å². The van der Waals surface area contributed by atoms with Crippen molar-refractivity contribution < 1.29 is 9.53 Å². The first-order chi connectivity index (χ1) is 7.66. The van der Waals surface area contributed by atoms with Gasteiger partial charge in [-0.05, 0) is 19.8 Å². The molecule has 0 amide bonds. The van der Waals surface area contributed by atoms with Crippen molar-refractivity contribution in [2.24, 2.45) is 0 Å². The van der Waals surface area contributed by atoms with Gasteiger partial charge in [0.1, 0.15) is 5.54 Å². The van der Waals surface area contributed by atoms with Crippen LogP contribution in [0.25, 0.3) is 0 Å². The molecule has 0 aromatic carbocycles. The molecule has 3 nitrogen and oxygen atoms in total. The topological polar surface area (TPSA) is 38.3 Å². The number of ether oxygens (including phenoxy) is 1. The minimum absolute atomic E-state index is 0.172. The second kappa shape index (κ2) is 8.18. The Bertz CT molecular complexity index is 237. The third kappa shape index (κ3) is 4.24. The van der Waals surface area contributed by atoms with Crippen LogP contribution in [0.1, 0.15) is 46.5 Å². The number of carbonyl (C=O) groups excluding carboxylic acids is 1. The zero-order valence-electron chi connectivity index (χ0n) is 10.6. The van der Waals surface area contributed by atoms with E-state index in [4.69, 9.17) is 11.2 Å². The summed E-state index contributed by atoms with van der Waals surface area (Å²) in [5.41, 5.74) is -0.591. The standard InChI is InChI=1S/C13H23NO2/c1-5-9-13(10-6-2,14-11-7-3)12(15)16-8-4/h3,14H,5-6,8-11H2,1-2,4H3. The lowest BCUT2D eigenvalue weighted by atomic mass is 9.88. The van der Waals surface area contributed by atoms with Crippen LogP contribution in [0.2, 0.25) is 0 Å². The van der Waals surface area contributed by atoms with E-state index in [-0.39, 0.29) is 5.97 Å². The summed E-state index contributed by atoms with van der Waals surface area (Å²) in [5, 5.41) is 3.16. The monoisotopic (exact) mass is 225 g/mol. The third-order valence-electron chi connectivity index (χ3n) is 2.55. The Morgan fingerprint density at radius 3 is 2.25 bits per heavy atom. The molecule has 16 heavy (non-hydrogen) atoms. The number of esters is 1. The van der Waals surface area contributed by atoms with Crippen molar-refractivity contribution in [2.75, 3.05) is 13.2 Å². The molecular weight excluding hydrogens is 202 g/mol. The molecule has 0 aromatic rings. The molecule has 0 saturated carbocycles. The maximum atomic E-state index is 12.0. The quantitative estimate of drug-likeness (QED) is 0.508. The van der Waals surface area contributed by atoms with Gasteiger partial charge in [0, 0.05) is 0 Å². The van der Waals surface area contributed by atoms with Crippen molar-refractivity contribution in [3.05, 3.63) is 0 Å². The van der Waals surface area contributed by atoms with Gasteiger partial charge < -0.3 is 4.74 Å². The van der Waals surface area contributed by atoms with E-state index >= 15 is 0 Å². The summed E-state index contributed by atoms with van der Waals surface area (Å²) in [6.45, 7) is 6.74. The van der Waals surface area contributed by atoms with E-state index in [0.29, 0.717) is 13.2 Å². The van der Waals surface area contributed by atoms with Gasteiger partial charge in [0.25, 0.3) is 0 Å². The maximum absolute atomic E-state index is 12.0. The summed E-state index contributed by atoms with van der Waals surface area (Å²) in [7, 11) is 0. The Kier molecular flexibility index (Phi) is 7.66. The van der Waals surface area contributed by atoms with Gasteiger partial charge in [0.05, 0.1) is 13.2 Å². The van der Waals surface area contributed by atoms with E-state index in [0.717, 1.165) is 25.7 Å². The molecule has 0 rings (SSSR count). The van der Waals surface area contributed by atoms with Gasteiger partial charge in [-0.3, -0.25) is 10.1 Å². The zero-order chi connectivity index (χ0) is 12.4. The van der Waals surface area contributed by atoms with E-state index in [9.17, 15) is 4.79 Å². The van der Waals surface area contributed by atoms with Crippen LogP contribution < -0.4 is 5.32 Å². The number of carbonyl (C=O) groups is 1. The van der Waals surface area contributed by atoms with Gasteiger partial charge >= 0.3 is 5.97 Å². The van der Waals surface area contributed by atoms with Crippen molar-refractivity contribution in [2.45, 2.75) is 52.0 Å². The van der Waals surface area contributed by atoms with Crippen LogP contribution in [0.4, 0.5) is 0 Å². The molecule has 0 fully saturated rings. The highest BCUT2D eigenvalue weighted by atomic mass is 16.5. The van der Waals surface area contributed by atoms with Crippen LogP contribution in [0.5, 0.6) is 0 Å². The fourth-order valence-corrected chi connectivity index (χ4v) is 1.92. The second-order valence-corrected chi connectivity index (χ2v) is 3.86. The summed E-state index contributed by atoms with van der Waals surface area (Å²) < 4.78 is 5.14. The van der Waals surface area contributed by atoms with Gasteiger partial charge in [0.15, 0.2) is 0 Å². The molecule has 0 saturated heterocycles. The van der Waals surface area contributed by atoms with E-state index in [1.54, 1.807) is 0 Å². The van der Waals surface area contributed by atoms with Crippen molar-refractivity contribution in [3.8, 4) is 12.3 Å². The predicted molar refractivity (Wildman–Crippen MR) is 66.0 cm³/mol. The Balaban J connectivity index is 4.76. The van der Waals surface area contributed by atoms with Crippen LogP contribution in [0.15, 0.2) is 0 Å². The number of rotatable bonds is 8. The van der Waals surface area contributed by atoms with Crippen molar-refractivity contribution in [3.63, 3.8) is 0 Å². The predicted octanol–water partition coefficient (Wildman–Crippen LogP) is 2.11. The molecule has 0 spiro atoms. The highest BCUT2D eigenvalue weighted by Crippen LogP contribution is 2.21. The van der Waals surface area contributed by atoms with Crippen molar-refractivity contribution in [1.29, 1.82) is 0 Å². The average molecular weight is 225 g/mol. The molecule has 3 heteroatoms. The molecule has 0 aromatic heterocycles. The largest absolute Gasteiger partial charge is 0.465 e. The normalized spacial score (nSPS) is 10.9. The fourth-order valence-electron chi connectivity index (χ4n) is 1.92. The van der Waals surface area contributed by atoms with Gasteiger partial charge in [-0.25, -0.2) is 0 Å². The third-order valence-corrected chi connectivity index (χ3v) is 2.55. The SMILES string of the molecule is C#CCNC(CCC)(CCC)C(=O)OCC. The van der Waals surface area contributed by atoms with E-state index in [1.807, 2.05) is 6.92 Å². The summed E-state index contributed by atoms with van der Waals surface area (Å²) in [6, 6.07) is 0. The lowest BCUT2D eigenvalue weighted by Gasteiger charge is -2.31. The molecule has 0 aliphatic rings. The second-order valence-electron chi connectivity index (χ2n) is 3.86. The minimum Gasteiger partial charge on any atom is -0.465 e. The van der Waals surface area contributed by atoms with Crippen LogP contribution in [0.3, 0.4) is 0 Å². The first kappa shape index (κ1) is 15.0. The molecule has 0 bridgehead atoms. The first-order valence-electron chi connectivity index (χ1n) is 6.02. The van der Waals surface area contributed by atoms with Gasteiger partial charge in [-0.15, -0.1) is 6.42 Å². The first-order valence-corrected chi connectivity index (χ1v) is 6.02. The number of terminal acetylenes is 1. The number of nitrogens with one attached hydrogen (secondary N) is 1. The van der Waals surface area contributed by atoms with Crippen molar-refractivity contribution in [1.82, 2.24) is 5.32 Å². The Labute approximate surface area is 98.9 Å². The molecule has 0 heterocycles. The Morgan fingerprint density at radius 1 is 1.31 bits per heavy atom. The smallest absolute Gasteiger partial charge is 0.326 e. The lowest BCUT2D eigenvalue weighted by molar-refractivity contribution is -0.152. The maximum Gasteiger partial charge on any atom is 0.326 e. The van der Waals surface area contributed by atoms with E-state index in [2.05, 4.69) is 25.1 Å². The molecule has 0 atom stereocenters. The number of hydrogen-bond donors (Lipinski definition) is 1. The van der Waals surface area contributed by atoms with E-state index < -0.39 is 5.54 Å². The van der Waals surface area contributed by atoms with Crippen LogP contribution in [-0.2, 0) is 9.53 Å². The van der Waals surface area contributed by atoms with Gasteiger partial charge in [-0.1, -0.05) is 32.6 Å². The summed E-state index contributed by atoms with van der Waals surface area (Å²) in [5.74, 6) is 2.35. The molecular formula is C13H23NO2. The molecule has 0 unspecified atom stereocenters. The summed E-state index contributed by atoms with van der Waals surface area (Å²) in [6.07, 6.45) is 8.62. The lowest BCUT2D eigenvalue weighted by Crippen LogP contribution is -2.53. The summed E-state index contributed by atoms with van der Waals surface area (Å²) in [4.78, 5) is 12.0. The average Bonchev–Trinajstić information content (AvgIpc) is 2.27. The molecule has 92 valence electrons. The Hall–Kier alpha value is -1.01. The highest BCUT2D eigenvalue weighted by Gasteiger charge is 2.37. The van der Waals surface area contributed by atoms with Crippen LogP contribution >= 0.6 is 0 Å². The van der Waals surface area contributed by atoms with E-state index in [1.165, 1.54) is 0 Å². The fraction of sp³-hybridized carbons (Fsp3) is 0.769.